The minimum atomic E-state index is -0.0187. The van der Waals surface area contributed by atoms with Crippen LogP contribution in [0.4, 0.5) is 0 Å². The van der Waals surface area contributed by atoms with Crippen molar-refractivity contribution in [2.75, 3.05) is 20.3 Å². The van der Waals surface area contributed by atoms with E-state index in [2.05, 4.69) is 22.6 Å². The normalized spacial score (nSPS) is 10.5. The molecule has 1 aromatic carbocycles. The Labute approximate surface area is 131 Å². The van der Waals surface area contributed by atoms with E-state index in [1.807, 2.05) is 36.4 Å². The molecule has 5 heteroatoms. The number of carbonyl (C=O) groups excluding carboxylic acids is 1. The Kier molecular flexibility index (Phi) is 5.60. The van der Waals surface area contributed by atoms with E-state index in [0.717, 1.165) is 9.33 Å². The van der Waals surface area contributed by atoms with E-state index in [9.17, 15) is 4.79 Å². The maximum absolute atomic E-state index is 12.5. The van der Waals surface area contributed by atoms with Crippen molar-refractivity contribution >= 4 is 28.5 Å². The predicted molar refractivity (Wildman–Crippen MR) is 84.5 cm³/mol. The van der Waals surface area contributed by atoms with Crippen molar-refractivity contribution in [2.45, 2.75) is 6.54 Å². The quantitative estimate of drug-likeness (QED) is 0.718. The summed E-state index contributed by atoms with van der Waals surface area (Å²) in [5, 5.41) is 0. The molecule has 0 spiro atoms. The molecule has 4 nitrogen and oxygen atoms in total. The van der Waals surface area contributed by atoms with Crippen LogP contribution in [0.15, 0.2) is 47.1 Å². The molecule has 0 fully saturated rings. The second-order valence-electron chi connectivity index (χ2n) is 4.31. The van der Waals surface area contributed by atoms with E-state index < -0.39 is 0 Å². The fourth-order valence-corrected chi connectivity index (χ4v) is 2.18. The summed E-state index contributed by atoms with van der Waals surface area (Å²) in [6.07, 6.45) is 1.61. The molecule has 1 heterocycles. The molecule has 0 radical (unpaired) electrons. The Morgan fingerprint density at radius 2 is 2.05 bits per heavy atom. The highest BCUT2D eigenvalue weighted by molar-refractivity contribution is 14.1. The SMILES string of the molecule is COCCN(Cc1ccco1)C(=O)c1ccc(I)cc1. The van der Waals surface area contributed by atoms with Crippen LogP contribution in [0.3, 0.4) is 0 Å². The molecular formula is C15H16INO3. The van der Waals surface area contributed by atoms with Gasteiger partial charge in [-0.3, -0.25) is 4.79 Å². The molecule has 0 aliphatic carbocycles. The van der Waals surface area contributed by atoms with Gasteiger partial charge in [0.2, 0.25) is 0 Å². The third-order valence-electron chi connectivity index (χ3n) is 2.87. The van der Waals surface area contributed by atoms with Crippen molar-refractivity contribution in [1.29, 1.82) is 0 Å². The Morgan fingerprint density at radius 1 is 1.30 bits per heavy atom. The standard InChI is InChI=1S/C15H16INO3/c1-19-10-8-17(11-14-3-2-9-20-14)15(18)12-4-6-13(16)7-5-12/h2-7,9H,8,10-11H2,1H3. The molecule has 0 unspecified atom stereocenters. The van der Waals surface area contributed by atoms with Gasteiger partial charge >= 0.3 is 0 Å². The molecule has 0 atom stereocenters. The van der Waals surface area contributed by atoms with Crippen LogP contribution in [0, 0.1) is 3.57 Å². The molecule has 2 aromatic rings. The van der Waals surface area contributed by atoms with Crippen LogP contribution in [-0.4, -0.2) is 31.1 Å². The smallest absolute Gasteiger partial charge is 0.254 e. The van der Waals surface area contributed by atoms with Crippen molar-refractivity contribution in [3.63, 3.8) is 0 Å². The second kappa shape index (κ2) is 7.44. The van der Waals surface area contributed by atoms with E-state index in [1.165, 1.54) is 0 Å². The molecule has 2 rings (SSSR count). The highest BCUT2D eigenvalue weighted by Gasteiger charge is 2.16. The van der Waals surface area contributed by atoms with Crippen molar-refractivity contribution in [3.05, 3.63) is 57.6 Å². The third kappa shape index (κ3) is 4.08. The number of hydrogen-bond donors (Lipinski definition) is 0. The highest BCUT2D eigenvalue weighted by Crippen LogP contribution is 2.12. The number of hydrogen-bond acceptors (Lipinski definition) is 3. The lowest BCUT2D eigenvalue weighted by Gasteiger charge is -2.21. The maximum Gasteiger partial charge on any atom is 0.254 e. The van der Waals surface area contributed by atoms with Crippen molar-refractivity contribution in [3.8, 4) is 0 Å². The number of rotatable bonds is 6. The molecule has 0 saturated heterocycles. The monoisotopic (exact) mass is 385 g/mol. The van der Waals surface area contributed by atoms with Crippen molar-refractivity contribution in [2.24, 2.45) is 0 Å². The summed E-state index contributed by atoms with van der Waals surface area (Å²) in [4.78, 5) is 14.2. The number of methoxy groups -OCH3 is 1. The summed E-state index contributed by atoms with van der Waals surface area (Å²) >= 11 is 2.22. The fourth-order valence-electron chi connectivity index (χ4n) is 1.82. The number of ether oxygens (including phenoxy) is 1. The molecule has 0 saturated carbocycles. The van der Waals surface area contributed by atoms with Crippen LogP contribution in [-0.2, 0) is 11.3 Å². The zero-order valence-corrected chi connectivity index (χ0v) is 13.4. The van der Waals surface area contributed by atoms with E-state index >= 15 is 0 Å². The Hall–Kier alpha value is -1.34. The van der Waals surface area contributed by atoms with E-state index in [1.54, 1.807) is 18.3 Å². The minimum absolute atomic E-state index is 0.0187. The summed E-state index contributed by atoms with van der Waals surface area (Å²) in [6, 6.07) is 11.2. The van der Waals surface area contributed by atoms with E-state index in [0.29, 0.717) is 25.3 Å². The van der Waals surface area contributed by atoms with Gasteiger partial charge in [0, 0.05) is 22.8 Å². The first-order chi connectivity index (χ1) is 9.70. The molecule has 0 aliphatic rings. The maximum atomic E-state index is 12.5. The number of amides is 1. The fraction of sp³-hybridized carbons (Fsp3) is 0.267. The van der Waals surface area contributed by atoms with Gasteiger partial charge in [-0.15, -0.1) is 0 Å². The minimum Gasteiger partial charge on any atom is -0.467 e. The predicted octanol–water partition coefficient (Wildman–Crippen LogP) is 3.17. The zero-order valence-electron chi connectivity index (χ0n) is 11.2. The number of benzene rings is 1. The van der Waals surface area contributed by atoms with Crippen LogP contribution in [0.2, 0.25) is 0 Å². The number of carbonyl (C=O) groups is 1. The van der Waals surface area contributed by atoms with Crippen LogP contribution in [0.5, 0.6) is 0 Å². The van der Waals surface area contributed by atoms with Crippen molar-refractivity contribution in [1.82, 2.24) is 4.90 Å². The third-order valence-corrected chi connectivity index (χ3v) is 3.59. The molecule has 1 amide bonds. The molecule has 1 aromatic heterocycles. The van der Waals surface area contributed by atoms with Gasteiger partial charge in [0.1, 0.15) is 5.76 Å². The van der Waals surface area contributed by atoms with Crippen LogP contribution < -0.4 is 0 Å². The summed E-state index contributed by atoms with van der Waals surface area (Å²) in [5.74, 6) is 0.745. The van der Waals surface area contributed by atoms with Crippen LogP contribution in [0.1, 0.15) is 16.1 Å². The Balaban J connectivity index is 2.12. The van der Waals surface area contributed by atoms with Gasteiger partial charge in [0.25, 0.3) is 5.91 Å². The average molecular weight is 385 g/mol. The van der Waals surface area contributed by atoms with Crippen LogP contribution >= 0.6 is 22.6 Å². The number of furan rings is 1. The summed E-state index contributed by atoms with van der Waals surface area (Å²) < 4.78 is 11.5. The van der Waals surface area contributed by atoms with Gasteiger partial charge in [0.05, 0.1) is 19.4 Å². The van der Waals surface area contributed by atoms with Gasteiger partial charge in [-0.25, -0.2) is 0 Å². The second-order valence-corrected chi connectivity index (χ2v) is 5.55. The lowest BCUT2D eigenvalue weighted by molar-refractivity contribution is 0.0666. The summed E-state index contributed by atoms with van der Waals surface area (Å²) in [7, 11) is 1.63. The van der Waals surface area contributed by atoms with E-state index in [4.69, 9.17) is 9.15 Å². The molecule has 0 aliphatic heterocycles. The van der Waals surface area contributed by atoms with Crippen LogP contribution in [0.25, 0.3) is 0 Å². The molecular weight excluding hydrogens is 369 g/mol. The average Bonchev–Trinajstić information content (AvgIpc) is 2.96. The van der Waals surface area contributed by atoms with Gasteiger partial charge in [-0.05, 0) is 59.0 Å². The topological polar surface area (TPSA) is 42.7 Å². The number of nitrogens with zero attached hydrogens (tertiary/aromatic N) is 1. The number of halogens is 1. The molecule has 20 heavy (non-hydrogen) atoms. The van der Waals surface area contributed by atoms with Crippen molar-refractivity contribution < 1.29 is 13.9 Å². The Bertz CT molecular complexity index is 537. The largest absolute Gasteiger partial charge is 0.467 e. The summed E-state index contributed by atoms with van der Waals surface area (Å²) in [5.41, 5.74) is 0.674. The zero-order chi connectivity index (χ0) is 14.4. The first-order valence-electron chi connectivity index (χ1n) is 6.27. The van der Waals surface area contributed by atoms with Gasteiger partial charge < -0.3 is 14.1 Å². The molecule has 106 valence electrons. The highest BCUT2D eigenvalue weighted by atomic mass is 127. The Morgan fingerprint density at radius 3 is 2.65 bits per heavy atom. The summed E-state index contributed by atoms with van der Waals surface area (Å²) in [6.45, 7) is 1.47. The lowest BCUT2D eigenvalue weighted by atomic mass is 10.2. The van der Waals surface area contributed by atoms with Gasteiger partial charge in [-0.2, -0.15) is 0 Å². The lowest BCUT2D eigenvalue weighted by Crippen LogP contribution is -2.33. The first kappa shape index (κ1) is 15.1. The van der Waals surface area contributed by atoms with Gasteiger partial charge in [0.15, 0.2) is 0 Å². The van der Waals surface area contributed by atoms with Gasteiger partial charge in [-0.1, -0.05) is 0 Å². The van der Waals surface area contributed by atoms with E-state index in [-0.39, 0.29) is 5.91 Å². The first-order valence-corrected chi connectivity index (χ1v) is 7.34. The molecule has 0 bridgehead atoms. The molecule has 0 N–H and O–H groups in total.